The third-order valence-electron chi connectivity index (χ3n) is 16.4. The largest absolute Gasteiger partial charge is 0.394 e. The standard InChI is InChI=1S/C70H131NO8/c1-3-5-7-9-11-13-15-17-19-21-23-25-27-28-29-30-31-32-33-34-35-36-38-40-42-44-46-48-50-52-54-56-58-60-66(74)71-63(62-78-70-69(77)68(76)67(75)65(61-72)79-70)64(73)59-57-55-53-51-49-47-45-43-41-39-37-26-24-22-20-18-16-14-12-10-8-6-4-2/h15,17,21,23,27-28,57,59,63-65,67-70,72-73,75-77H,3-14,16,18-20,22,24-26,29-56,58,60-62H2,1-2H3,(H,71,74)/b17-15-,23-21-,28-27-,59-57+. The Balaban J connectivity index is 2.12. The summed E-state index contributed by atoms with van der Waals surface area (Å²) in [5.74, 6) is -0.171. The van der Waals surface area contributed by atoms with Gasteiger partial charge in [-0.15, -0.1) is 0 Å². The molecule has 9 heteroatoms. The molecule has 0 aliphatic carbocycles. The van der Waals surface area contributed by atoms with Crippen molar-refractivity contribution >= 4 is 5.91 Å². The second-order valence-corrected chi connectivity index (χ2v) is 24.0. The van der Waals surface area contributed by atoms with Gasteiger partial charge in [0.25, 0.3) is 0 Å². The fourth-order valence-electron chi connectivity index (χ4n) is 11.0. The first-order valence-corrected chi connectivity index (χ1v) is 34.4. The topological polar surface area (TPSA) is 149 Å². The summed E-state index contributed by atoms with van der Waals surface area (Å²) in [6, 6.07) is -0.806. The lowest BCUT2D eigenvalue weighted by molar-refractivity contribution is -0.302. The Hall–Kier alpha value is -1.85. The first-order chi connectivity index (χ1) is 38.8. The highest BCUT2D eigenvalue weighted by Crippen LogP contribution is 2.23. The van der Waals surface area contributed by atoms with E-state index >= 15 is 0 Å². The molecule has 1 aliphatic heterocycles. The van der Waals surface area contributed by atoms with E-state index in [2.05, 4.69) is 55.6 Å². The van der Waals surface area contributed by atoms with Gasteiger partial charge < -0.3 is 40.3 Å². The minimum absolute atomic E-state index is 0.171. The van der Waals surface area contributed by atoms with Crippen LogP contribution in [0.25, 0.3) is 0 Å². The van der Waals surface area contributed by atoms with E-state index < -0.39 is 49.5 Å². The fraction of sp³-hybridized carbons (Fsp3) is 0.871. The average Bonchev–Trinajstić information content (AvgIpc) is 3.47. The number of hydrogen-bond donors (Lipinski definition) is 6. The van der Waals surface area contributed by atoms with E-state index in [4.69, 9.17) is 9.47 Å². The third-order valence-corrected chi connectivity index (χ3v) is 16.4. The first kappa shape index (κ1) is 75.2. The highest BCUT2D eigenvalue weighted by molar-refractivity contribution is 5.76. The summed E-state index contributed by atoms with van der Waals surface area (Å²) in [7, 11) is 0. The number of carbonyl (C=O) groups is 1. The van der Waals surface area contributed by atoms with Crippen LogP contribution < -0.4 is 5.32 Å². The van der Waals surface area contributed by atoms with Crippen molar-refractivity contribution in [2.45, 2.75) is 378 Å². The lowest BCUT2D eigenvalue weighted by Crippen LogP contribution is -2.60. The number of amides is 1. The zero-order valence-electron chi connectivity index (χ0n) is 51.9. The van der Waals surface area contributed by atoms with Crippen LogP contribution in [-0.4, -0.2) is 87.5 Å². The van der Waals surface area contributed by atoms with Gasteiger partial charge >= 0.3 is 0 Å². The molecule has 0 saturated carbocycles. The monoisotopic (exact) mass is 1110 g/mol. The Kier molecular flexibility index (Phi) is 56.4. The zero-order valence-corrected chi connectivity index (χ0v) is 51.9. The van der Waals surface area contributed by atoms with Crippen LogP contribution in [0.1, 0.15) is 335 Å². The van der Waals surface area contributed by atoms with Crippen LogP contribution in [0.2, 0.25) is 0 Å². The molecular formula is C70H131NO8. The van der Waals surface area contributed by atoms with Crippen molar-refractivity contribution in [2.24, 2.45) is 0 Å². The van der Waals surface area contributed by atoms with Crippen molar-refractivity contribution in [2.75, 3.05) is 13.2 Å². The molecule has 0 bridgehead atoms. The molecule has 79 heavy (non-hydrogen) atoms. The molecule has 0 aromatic carbocycles. The van der Waals surface area contributed by atoms with Crippen LogP contribution in [0.5, 0.6) is 0 Å². The highest BCUT2D eigenvalue weighted by Gasteiger charge is 2.44. The molecule has 7 unspecified atom stereocenters. The molecule has 7 atom stereocenters. The van der Waals surface area contributed by atoms with Gasteiger partial charge in [-0.05, 0) is 57.8 Å². The van der Waals surface area contributed by atoms with E-state index in [0.29, 0.717) is 6.42 Å². The van der Waals surface area contributed by atoms with Gasteiger partial charge in [0.15, 0.2) is 6.29 Å². The van der Waals surface area contributed by atoms with Gasteiger partial charge in [-0.25, -0.2) is 0 Å². The number of hydrogen-bond acceptors (Lipinski definition) is 8. The molecule has 1 heterocycles. The molecule has 0 spiro atoms. The predicted molar refractivity (Wildman–Crippen MR) is 336 cm³/mol. The molecule has 0 aromatic heterocycles. The number of ether oxygens (including phenoxy) is 2. The van der Waals surface area contributed by atoms with Gasteiger partial charge in [0.05, 0.1) is 25.4 Å². The number of rotatable bonds is 60. The molecule has 0 radical (unpaired) electrons. The van der Waals surface area contributed by atoms with Crippen LogP contribution in [0, 0.1) is 0 Å². The minimum atomic E-state index is -1.57. The number of allylic oxidation sites excluding steroid dienone is 7. The molecule has 1 fully saturated rings. The van der Waals surface area contributed by atoms with E-state index in [0.717, 1.165) is 51.4 Å². The second-order valence-electron chi connectivity index (χ2n) is 24.0. The Labute approximate surface area is 488 Å². The van der Waals surface area contributed by atoms with E-state index in [1.165, 1.54) is 263 Å². The van der Waals surface area contributed by atoms with Crippen molar-refractivity contribution in [1.29, 1.82) is 0 Å². The number of nitrogens with one attached hydrogen (secondary N) is 1. The normalized spacial score (nSPS) is 18.8. The predicted octanol–water partition coefficient (Wildman–Crippen LogP) is 18.4. The maximum atomic E-state index is 13.1. The fourth-order valence-corrected chi connectivity index (χ4v) is 11.0. The molecule has 1 amide bonds. The second kappa shape index (κ2) is 59.3. The molecule has 6 N–H and O–H groups in total. The van der Waals surface area contributed by atoms with Gasteiger partial charge in [0.2, 0.25) is 5.91 Å². The van der Waals surface area contributed by atoms with E-state index in [-0.39, 0.29) is 12.5 Å². The molecule has 9 nitrogen and oxygen atoms in total. The number of aliphatic hydroxyl groups is 5. The van der Waals surface area contributed by atoms with E-state index in [1.807, 2.05) is 6.08 Å². The van der Waals surface area contributed by atoms with Crippen LogP contribution in [-0.2, 0) is 14.3 Å². The SMILES string of the molecule is CCCCCCC/C=C\C/C=C\C/C=C\CCCCCCCCCCCCCCCCCCCCC(=O)NC(COC1OC(CO)C(O)C(O)C1O)C(O)/C=C/CCCCCCCCCCCCCCCCCCCCCCC. The zero-order chi connectivity index (χ0) is 57.2. The average molecular weight is 1110 g/mol. The summed E-state index contributed by atoms with van der Waals surface area (Å²) >= 11 is 0. The Morgan fingerprint density at radius 3 is 1.10 bits per heavy atom. The van der Waals surface area contributed by atoms with E-state index in [1.54, 1.807) is 6.08 Å². The summed E-state index contributed by atoms with van der Waals surface area (Å²) in [6.45, 7) is 3.81. The molecule has 1 aliphatic rings. The van der Waals surface area contributed by atoms with Crippen molar-refractivity contribution < 1.29 is 39.8 Å². The number of unbranched alkanes of at least 4 members (excludes halogenated alkanes) is 44. The van der Waals surface area contributed by atoms with Crippen LogP contribution in [0.4, 0.5) is 0 Å². The Bertz CT molecular complexity index is 1380. The molecule has 464 valence electrons. The molecular weight excluding hydrogens is 983 g/mol. The third kappa shape index (κ3) is 48.3. The maximum absolute atomic E-state index is 13.1. The van der Waals surface area contributed by atoms with Crippen LogP contribution in [0.15, 0.2) is 48.6 Å². The lowest BCUT2D eigenvalue weighted by Gasteiger charge is -2.40. The Morgan fingerprint density at radius 2 is 0.747 bits per heavy atom. The molecule has 0 aromatic rings. The summed E-state index contributed by atoms with van der Waals surface area (Å²) in [6.07, 6.45) is 73.5. The summed E-state index contributed by atoms with van der Waals surface area (Å²) in [5.41, 5.74) is 0. The number of aliphatic hydroxyl groups excluding tert-OH is 5. The van der Waals surface area contributed by atoms with Gasteiger partial charge in [-0.1, -0.05) is 319 Å². The van der Waals surface area contributed by atoms with Crippen molar-refractivity contribution in [3.63, 3.8) is 0 Å². The molecule has 1 rings (SSSR count). The molecule has 1 saturated heterocycles. The van der Waals surface area contributed by atoms with E-state index in [9.17, 15) is 30.3 Å². The van der Waals surface area contributed by atoms with Crippen LogP contribution in [0.3, 0.4) is 0 Å². The summed E-state index contributed by atoms with van der Waals surface area (Å²) in [4.78, 5) is 13.1. The van der Waals surface area contributed by atoms with Crippen molar-refractivity contribution in [3.8, 4) is 0 Å². The first-order valence-electron chi connectivity index (χ1n) is 34.4. The smallest absolute Gasteiger partial charge is 0.220 e. The van der Waals surface area contributed by atoms with Gasteiger partial charge in [0.1, 0.15) is 24.4 Å². The van der Waals surface area contributed by atoms with Gasteiger partial charge in [0, 0.05) is 6.42 Å². The van der Waals surface area contributed by atoms with Gasteiger partial charge in [-0.3, -0.25) is 4.79 Å². The Morgan fingerprint density at radius 1 is 0.430 bits per heavy atom. The highest BCUT2D eigenvalue weighted by atomic mass is 16.7. The lowest BCUT2D eigenvalue weighted by atomic mass is 9.99. The van der Waals surface area contributed by atoms with Crippen LogP contribution >= 0.6 is 0 Å². The summed E-state index contributed by atoms with van der Waals surface area (Å²) < 4.78 is 11.3. The van der Waals surface area contributed by atoms with Gasteiger partial charge in [-0.2, -0.15) is 0 Å². The summed E-state index contributed by atoms with van der Waals surface area (Å²) in [5, 5.41) is 54.7. The quantitative estimate of drug-likeness (QED) is 0.0261. The minimum Gasteiger partial charge on any atom is -0.394 e. The van der Waals surface area contributed by atoms with Crippen molar-refractivity contribution in [1.82, 2.24) is 5.32 Å². The maximum Gasteiger partial charge on any atom is 0.220 e. The number of carbonyl (C=O) groups excluding carboxylic acids is 1. The van der Waals surface area contributed by atoms with Crippen molar-refractivity contribution in [3.05, 3.63) is 48.6 Å².